The molecule has 0 saturated carbocycles. The second kappa shape index (κ2) is 6.27. The summed E-state index contributed by atoms with van der Waals surface area (Å²) in [6.45, 7) is 7.11. The third-order valence-corrected chi connectivity index (χ3v) is 4.30. The van der Waals surface area contributed by atoms with Crippen LogP contribution in [0, 0.1) is 5.92 Å². The molecule has 3 atom stereocenters. The van der Waals surface area contributed by atoms with Crippen LogP contribution in [0.3, 0.4) is 0 Å². The van der Waals surface area contributed by atoms with E-state index >= 15 is 0 Å². The first-order valence-electron chi connectivity index (χ1n) is 7.42. The van der Waals surface area contributed by atoms with Crippen LogP contribution in [0.15, 0.2) is 24.3 Å². The summed E-state index contributed by atoms with van der Waals surface area (Å²) in [7, 11) is 0. The van der Waals surface area contributed by atoms with Crippen LogP contribution in [-0.4, -0.2) is 23.5 Å². The molecule has 4 heteroatoms. The molecule has 1 aromatic rings. The second-order valence-corrected chi connectivity index (χ2v) is 5.90. The van der Waals surface area contributed by atoms with Crippen molar-refractivity contribution in [3.63, 3.8) is 0 Å². The molecule has 2 rings (SSSR count). The molecule has 0 bridgehead atoms. The number of likely N-dealkylation sites (tertiary alicyclic amines) is 1. The molecule has 3 unspecified atom stereocenters. The molecule has 1 heterocycles. The van der Waals surface area contributed by atoms with E-state index in [1.807, 2.05) is 36.1 Å². The topological polar surface area (TPSA) is 58.4 Å². The van der Waals surface area contributed by atoms with E-state index < -0.39 is 0 Å². The van der Waals surface area contributed by atoms with Gasteiger partial charge in [0.1, 0.15) is 0 Å². The van der Waals surface area contributed by atoms with Gasteiger partial charge >= 0.3 is 6.03 Å². The number of amides is 2. The summed E-state index contributed by atoms with van der Waals surface area (Å²) in [6.07, 6.45) is 2.28. The molecule has 1 fully saturated rings. The zero-order valence-electron chi connectivity index (χ0n) is 12.6. The van der Waals surface area contributed by atoms with Gasteiger partial charge in [0.05, 0.1) is 0 Å². The van der Waals surface area contributed by atoms with Crippen molar-refractivity contribution in [1.82, 2.24) is 4.90 Å². The van der Waals surface area contributed by atoms with E-state index in [1.54, 1.807) is 0 Å². The molecule has 20 heavy (non-hydrogen) atoms. The highest BCUT2D eigenvalue weighted by atomic mass is 16.2. The van der Waals surface area contributed by atoms with Crippen LogP contribution in [0.1, 0.15) is 45.2 Å². The summed E-state index contributed by atoms with van der Waals surface area (Å²) in [6, 6.07) is 8.01. The summed E-state index contributed by atoms with van der Waals surface area (Å²) in [5, 5.41) is 2.99. The Kier molecular flexibility index (Phi) is 4.65. The number of rotatable bonds is 2. The highest BCUT2D eigenvalue weighted by molar-refractivity contribution is 5.89. The van der Waals surface area contributed by atoms with Gasteiger partial charge in [-0.2, -0.15) is 0 Å². The van der Waals surface area contributed by atoms with Crippen molar-refractivity contribution in [3.05, 3.63) is 29.8 Å². The average molecular weight is 275 g/mol. The lowest BCUT2D eigenvalue weighted by molar-refractivity contribution is 0.139. The number of benzene rings is 1. The number of hydrogen-bond donors (Lipinski definition) is 2. The Hall–Kier alpha value is -1.55. The van der Waals surface area contributed by atoms with Crippen LogP contribution >= 0.6 is 0 Å². The minimum atomic E-state index is -0.0271. The summed E-state index contributed by atoms with van der Waals surface area (Å²) in [4.78, 5) is 14.3. The Morgan fingerprint density at radius 2 is 2.20 bits per heavy atom. The Morgan fingerprint density at radius 3 is 2.90 bits per heavy atom. The number of nitrogens with zero attached hydrogens (tertiary/aromatic N) is 1. The Morgan fingerprint density at radius 1 is 1.45 bits per heavy atom. The molecule has 1 aliphatic heterocycles. The van der Waals surface area contributed by atoms with Gasteiger partial charge in [-0.05, 0) is 50.3 Å². The molecular formula is C16H25N3O. The van der Waals surface area contributed by atoms with Crippen molar-refractivity contribution in [1.29, 1.82) is 0 Å². The van der Waals surface area contributed by atoms with E-state index in [0.717, 1.165) is 24.2 Å². The molecule has 1 aliphatic rings. The molecule has 0 spiro atoms. The molecule has 4 nitrogen and oxygen atoms in total. The van der Waals surface area contributed by atoms with E-state index in [4.69, 9.17) is 5.73 Å². The van der Waals surface area contributed by atoms with Crippen LogP contribution in [0.2, 0.25) is 0 Å². The Labute approximate surface area is 121 Å². The first-order valence-corrected chi connectivity index (χ1v) is 7.42. The molecule has 0 aromatic heterocycles. The number of carbonyl (C=O) groups is 1. The Balaban J connectivity index is 2.05. The predicted octanol–water partition coefficient (Wildman–Crippen LogP) is 3.36. The number of nitrogens with one attached hydrogen (secondary N) is 1. The number of anilines is 1. The molecule has 0 aliphatic carbocycles. The van der Waals surface area contributed by atoms with E-state index in [1.165, 1.54) is 6.42 Å². The van der Waals surface area contributed by atoms with Gasteiger partial charge in [0.2, 0.25) is 0 Å². The van der Waals surface area contributed by atoms with Gasteiger partial charge in [0, 0.05) is 24.3 Å². The number of carbonyl (C=O) groups excluding carboxylic acids is 1. The fourth-order valence-corrected chi connectivity index (χ4v) is 2.72. The van der Waals surface area contributed by atoms with Crippen molar-refractivity contribution in [2.24, 2.45) is 11.7 Å². The smallest absolute Gasteiger partial charge is 0.322 e. The quantitative estimate of drug-likeness (QED) is 0.869. The monoisotopic (exact) mass is 275 g/mol. The normalized spacial score (nSPS) is 24.3. The third-order valence-electron chi connectivity index (χ3n) is 4.30. The third kappa shape index (κ3) is 3.31. The number of piperidine rings is 1. The predicted molar refractivity (Wildman–Crippen MR) is 82.6 cm³/mol. The fourth-order valence-electron chi connectivity index (χ4n) is 2.72. The fraction of sp³-hybridized carbons (Fsp3) is 0.562. The van der Waals surface area contributed by atoms with Crippen molar-refractivity contribution in [3.8, 4) is 0 Å². The highest BCUT2D eigenvalue weighted by Crippen LogP contribution is 2.24. The molecule has 110 valence electrons. The maximum atomic E-state index is 12.4. The summed E-state index contributed by atoms with van der Waals surface area (Å²) >= 11 is 0. The van der Waals surface area contributed by atoms with Crippen molar-refractivity contribution in [2.75, 3.05) is 11.9 Å². The van der Waals surface area contributed by atoms with E-state index in [9.17, 15) is 4.79 Å². The van der Waals surface area contributed by atoms with Crippen molar-refractivity contribution < 1.29 is 4.79 Å². The lowest BCUT2D eigenvalue weighted by atomic mass is 9.92. The van der Waals surface area contributed by atoms with Gasteiger partial charge in [0.15, 0.2) is 0 Å². The maximum absolute atomic E-state index is 12.4. The minimum Gasteiger partial charge on any atom is -0.324 e. The molecule has 1 saturated heterocycles. The first-order chi connectivity index (χ1) is 9.49. The van der Waals surface area contributed by atoms with Gasteiger partial charge in [-0.25, -0.2) is 4.79 Å². The SMILES string of the molecule is CC(N)c1cccc(NC(=O)N2CCCC(C)C2C)c1. The first kappa shape index (κ1) is 14.9. The van der Waals surface area contributed by atoms with Gasteiger partial charge in [-0.3, -0.25) is 0 Å². The minimum absolute atomic E-state index is 0.00845. The Bertz CT molecular complexity index is 473. The summed E-state index contributed by atoms with van der Waals surface area (Å²) < 4.78 is 0. The second-order valence-electron chi connectivity index (χ2n) is 5.90. The standard InChI is InChI=1S/C16H25N3O/c1-11-6-5-9-19(13(11)3)16(20)18-15-8-4-7-14(10-15)12(2)17/h4,7-8,10-13H,5-6,9,17H2,1-3H3,(H,18,20). The van der Waals surface area contributed by atoms with Gasteiger partial charge < -0.3 is 16.0 Å². The summed E-state index contributed by atoms with van der Waals surface area (Å²) in [5.74, 6) is 0.560. The number of urea groups is 1. The molecule has 2 amide bonds. The van der Waals surface area contributed by atoms with Crippen molar-refractivity contribution in [2.45, 2.75) is 45.7 Å². The van der Waals surface area contributed by atoms with Crippen LogP contribution in [-0.2, 0) is 0 Å². The zero-order valence-corrected chi connectivity index (χ0v) is 12.6. The molecule has 0 radical (unpaired) electrons. The lowest BCUT2D eigenvalue weighted by Crippen LogP contribution is -2.47. The van der Waals surface area contributed by atoms with Gasteiger partial charge in [-0.15, -0.1) is 0 Å². The zero-order chi connectivity index (χ0) is 14.7. The van der Waals surface area contributed by atoms with Crippen LogP contribution < -0.4 is 11.1 Å². The lowest BCUT2D eigenvalue weighted by Gasteiger charge is -2.37. The largest absolute Gasteiger partial charge is 0.324 e. The van der Waals surface area contributed by atoms with E-state index in [0.29, 0.717) is 12.0 Å². The van der Waals surface area contributed by atoms with Crippen LogP contribution in [0.5, 0.6) is 0 Å². The maximum Gasteiger partial charge on any atom is 0.322 e. The molecule has 3 N–H and O–H groups in total. The number of hydrogen-bond acceptors (Lipinski definition) is 2. The average Bonchev–Trinajstić information content (AvgIpc) is 2.42. The molecular weight excluding hydrogens is 250 g/mol. The highest BCUT2D eigenvalue weighted by Gasteiger charge is 2.28. The van der Waals surface area contributed by atoms with Gasteiger partial charge in [0.25, 0.3) is 0 Å². The van der Waals surface area contributed by atoms with E-state index in [2.05, 4.69) is 19.2 Å². The van der Waals surface area contributed by atoms with Gasteiger partial charge in [-0.1, -0.05) is 19.1 Å². The van der Waals surface area contributed by atoms with Crippen molar-refractivity contribution >= 4 is 11.7 Å². The molecule has 1 aromatic carbocycles. The number of nitrogens with two attached hydrogens (primary N) is 1. The van der Waals surface area contributed by atoms with Crippen LogP contribution in [0.4, 0.5) is 10.5 Å². The van der Waals surface area contributed by atoms with E-state index in [-0.39, 0.29) is 12.1 Å². The van der Waals surface area contributed by atoms with Crippen LogP contribution in [0.25, 0.3) is 0 Å². The summed E-state index contributed by atoms with van der Waals surface area (Å²) in [5.41, 5.74) is 7.72.